The number of hydrogen-bond acceptors (Lipinski definition) is 4. The summed E-state index contributed by atoms with van der Waals surface area (Å²) in [4.78, 5) is 11.3. The molecule has 0 saturated carbocycles. The summed E-state index contributed by atoms with van der Waals surface area (Å²) in [6, 6.07) is 7.58. The smallest absolute Gasteiger partial charge is 0.325 e. The fourth-order valence-corrected chi connectivity index (χ4v) is 1.44. The number of aryl methyl sites for hydroxylation is 1. The second-order valence-corrected chi connectivity index (χ2v) is 4.00. The van der Waals surface area contributed by atoms with Gasteiger partial charge in [-0.2, -0.15) is 5.26 Å². The molecule has 4 nitrogen and oxygen atoms in total. The molecule has 1 aromatic carbocycles. The number of nitrogens with one attached hydrogen (secondary N) is 1. The van der Waals surface area contributed by atoms with Crippen LogP contribution in [0.2, 0.25) is 0 Å². The van der Waals surface area contributed by atoms with Gasteiger partial charge in [0.25, 0.3) is 0 Å². The van der Waals surface area contributed by atoms with Crippen molar-refractivity contribution in [2.45, 2.75) is 26.9 Å². The van der Waals surface area contributed by atoms with Gasteiger partial charge in [-0.25, -0.2) is 0 Å². The molecule has 0 saturated heterocycles. The van der Waals surface area contributed by atoms with Gasteiger partial charge >= 0.3 is 5.97 Å². The van der Waals surface area contributed by atoms with Crippen LogP contribution in [0.5, 0.6) is 0 Å². The topological polar surface area (TPSA) is 62.1 Å². The molecule has 1 aromatic rings. The van der Waals surface area contributed by atoms with Gasteiger partial charge in [-0.3, -0.25) is 4.79 Å². The maximum atomic E-state index is 11.3. The molecular formula is C13H16N2O2. The number of carbonyl (C=O) groups excluding carboxylic acids is 1. The SMILES string of the molecule is Cc1cccc(NCC(=O)OC(C)C)c1C#N. The second-order valence-electron chi connectivity index (χ2n) is 4.00. The van der Waals surface area contributed by atoms with E-state index in [4.69, 9.17) is 10.00 Å². The van der Waals surface area contributed by atoms with E-state index in [0.29, 0.717) is 11.3 Å². The zero-order valence-electron chi connectivity index (χ0n) is 10.3. The van der Waals surface area contributed by atoms with Crippen LogP contribution in [-0.4, -0.2) is 18.6 Å². The second kappa shape index (κ2) is 5.90. The summed E-state index contributed by atoms with van der Waals surface area (Å²) < 4.78 is 4.99. The van der Waals surface area contributed by atoms with E-state index < -0.39 is 0 Å². The highest BCUT2D eigenvalue weighted by molar-refractivity contribution is 5.76. The molecule has 0 fully saturated rings. The first-order valence-corrected chi connectivity index (χ1v) is 5.47. The molecule has 0 aliphatic carbocycles. The van der Waals surface area contributed by atoms with Gasteiger partial charge < -0.3 is 10.1 Å². The van der Waals surface area contributed by atoms with Crippen molar-refractivity contribution in [3.8, 4) is 6.07 Å². The van der Waals surface area contributed by atoms with E-state index in [-0.39, 0.29) is 18.6 Å². The fourth-order valence-electron chi connectivity index (χ4n) is 1.44. The summed E-state index contributed by atoms with van der Waals surface area (Å²) in [5.41, 5.74) is 2.10. The predicted molar refractivity (Wildman–Crippen MR) is 65.6 cm³/mol. The number of carbonyl (C=O) groups is 1. The van der Waals surface area contributed by atoms with Crippen molar-refractivity contribution in [2.75, 3.05) is 11.9 Å². The summed E-state index contributed by atoms with van der Waals surface area (Å²) in [5.74, 6) is -0.328. The van der Waals surface area contributed by atoms with Crippen molar-refractivity contribution in [1.82, 2.24) is 0 Å². The number of hydrogen-bond donors (Lipinski definition) is 1. The highest BCUT2D eigenvalue weighted by Crippen LogP contribution is 2.17. The van der Waals surface area contributed by atoms with Crippen LogP contribution in [0.15, 0.2) is 18.2 Å². The number of nitriles is 1. The van der Waals surface area contributed by atoms with E-state index in [9.17, 15) is 4.79 Å². The molecule has 0 aliphatic rings. The van der Waals surface area contributed by atoms with Crippen LogP contribution in [0.1, 0.15) is 25.0 Å². The fraction of sp³-hybridized carbons (Fsp3) is 0.385. The Kier molecular flexibility index (Phi) is 4.53. The Morgan fingerprint density at radius 3 is 2.82 bits per heavy atom. The van der Waals surface area contributed by atoms with Crippen LogP contribution in [-0.2, 0) is 9.53 Å². The van der Waals surface area contributed by atoms with Crippen molar-refractivity contribution >= 4 is 11.7 Å². The van der Waals surface area contributed by atoms with Crippen LogP contribution < -0.4 is 5.32 Å². The lowest BCUT2D eigenvalue weighted by atomic mass is 10.1. The number of nitrogens with zero attached hydrogens (tertiary/aromatic N) is 1. The van der Waals surface area contributed by atoms with Gasteiger partial charge in [0.2, 0.25) is 0 Å². The molecular weight excluding hydrogens is 216 g/mol. The monoisotopic (exact) mass is 232 g/mol. The van der Waals surface area contributed by atoms with E-state index in [1.807, 2.05) is 19.1 Å². The van der Waals surface area contributed by atoms with E-state index >= 15 is 0 Å². The summed E-state index contributed by atoms with van der Waals surface area (Å²) >= 11 is 0. The molecule has 0 amide bonds. The minimum atomic E-state index is -0.328. The highest BCUT2D eigenvalue weighted by atomic mass is 16.5. The molecule has 0 aliphatic heterocycles. The van der Waals surface area contributed by atoms with E-state index in [0.717, 1.165) is 5.56 Å². The Hall–Kier alpha value is -2.02. The number of ether oxygens (including phenoxy) is 1. The van der Waals surface area contributed by atoms with Gasteiger partial charge in [-0.05, 0) is 32.4 Å². The lowest BCUT2D eigenvalue weighted by Gasteiger charge is -2.11. The van der Waals surface area contributed by atoms with Gasteiger partial charge in [-0.1, -0.05) is 12.1 Å². The summed E-state index contributed by atoms with van der Waals surface area (Å²) in [6.45, 7) is 5.52. The molecule has 0 radical (unpaired) electrons. The van der Waals surface area contributed by atoms with Crippen LogP contribution in [0.4, 0.5) is 5.69 Å². The molecule has 90 valence electrons. The molecule has 0 spiro atoms. The van der Waals surface area contributed by atoms with Crippen molar-refractivity contribution < 1.29 is 9.53 Å². The van der Waals surface area contributed by atoms with Crippen LogP contribution in [0, 0.1) is 18.3 Å². The normalized spacial score (nSPS) is 9.82. The molecule has 0 bridgehead atoms. The highest BCUT2D eigenvalue weighted by Gasteiger charge is 2.08. The Morgan fingerprint density at radius 2 is 2.24 bits per heavy atom. The number of anilines is 1. The molecule has 17 heavy (non-hydrogen) atoms. The van der Waals surface area contributed by atoms with Crippen LogP contribution in [0.3, 0.4) is 0 Å². The molecule has 0 aromatic heterocycles. The van der Waals surface area contributed by atoms with Gasteiger partial charge in [-0.15, -0.1) is 0 Å². The Balaban J connectivity index is 2.67. The minimum absolute atomic E-state index is 0.0658. The van der Waals surface area contributed by atoms with E-state index in [1.165, 1.54) is 0 Å². The lowest BCUT2D eigenvalue weighted by Crippen LogP contribution is -2.20. The minimum Gasteiger partial charge on any atom is -0.462 e. The number of rotatable bonds is 4. The van der Waals surface area contributed by atoms with Gasteiger partial charge in [0.15, 0.2) is 0 Å². The summed E-state index contributed by atoms with van der Waals surface area (Å²) in [6.07, 6.45) is -0.128. The van der Waals surface area contributed by atoms with E-state index in [2.05, 4.69) is 11.4 Å². The predicted octanol–water partition coefficient (Wildman–Crippen LogP) is 2.23. The maximum Gasteiger partial charge on any atom is 0.325 e. The first kappa shape index (κ1) is 13.0. The molecule has 0 atom stereocenters. The zero-order chi connectivity index (χ0) is 12.8. The van der Waals surface area contributed by atoms with Crippen LogP contribution >= 0.6 is 0 Å². The van der Waals surface area contributed by atoms with E-state index in [1.54, 1.807) is 19.9 Å². The largest absolute Gasteiger partial charge is 0.462 e. The molecule has 4 heteroatoms. The number of benzene rings is 1. The van der Waals surface area contributed by atoms with Crippen molar-refractivity contribution in [2.24, 2.45) is 0 Å². The average molecular weight is 232 g/mol. The third-order valence-corrected chi connectivity index (χ3v) is 2.17. The molecule has 1 N–H and O–H groups in total. The maximum absolute atomic E-state index is 11.3. The summed E-state index contributed by atoms with van der Waals surface area (Å²) in [7, 11) is 0. The van der Waals surface area contributed by atoms with Gasteiger partial charge in [0, 0.05) is 0 Å². The van der Waals surface area contributed by atoms with Crippen LogP contribution in [0.25, 0.3) is 0 Å². The first-order chi connectivity index (χ1) is 8.04. The Morgan fingerprint density at radius 1 is 1.53 bits per heavy atom. The Labute approximate surface area is 101 Å². The van der Waals surface area contributed by atoms with Crippen molar-refractivity contribution in [3.05, 3.63) is 29.3 Å². The quantitative estimate of drug-likeness (QED) is 0.808. The standard InChI is InChI=1S/C13H16N2O2/c1-9(2)17-13(16)8-15-12-6-4-5-10(3)11(12)7-14/h4-6,9,15H,8H2,1-3H3. The Bertz CT molecular complexity index is 447. The third-order valence-electron chi connectivity index (χ3n) is 2.17. The third kappa shape index (κ3) is 3.80. The summed E-state index contributed by atoms with van der Waals surface area (Å²) in [5, 5.41) is 11.9. The molecule has 0 unspecified atom stereocenters. The average Bonchev–Trinajstić information content (AvgIpc) is 2.25. The van der Waals surface area contributed by atoms with Gasteiger partial charge in [0.1, 0.15) is 12.6 Å². The lowest BCUT2D eigenvalue weighted by molar-refractivity contribution is -0.145. The van der Waals surface area contributed by atoms with Gasteiger partial charge in [0.05, 0.1) is 17.4 Å². The van der Waals surface area contributed by atoms with Crippen molar-refractivity contribution in [3.63, 3.8) is 0 Å². The zero-order valence-corrected chi connectivity index (χ0v) is 10.3. The number of esters is 1. The molecule has 0 heterocycles. The first-order valence-electron chi connectivity index (χ1n) is 5.47. The molecule has 1 rings (SSSR count). The van der Waals surface area contributed by atoms with Crippen molar-refractivity contribution in [1.29, 1.82) is 5.26 Å².